The number of aliphatic imine (C=N–C) groups is 1. The van der Waals surface area contributed by atoms with Crippen LogP contribution in [0.25, 0.3) is 0 Å². The van der Waals surface area contributed by atoms with Crippen molar-refractivity contribution >= 4 is 17.6 Å². The summed E-state index contributed by atoms with van der Waals surface area (Å²) in [6.45, 7) is 6.37. The quantitative estimate of drug-likeness (QED) is 0.608. The van der Waals surface area contributed by atoms with Gasteiger partial charge in [0.05, 0.1) is 0 Å². The van der Waals surface area contributed by atoms with Crippen molar-refractivity contribution in [1.29, 1.82) is 0 Å². The van der Waals surface area contributed by atoms with E-state index in [9.17, 15) is 4.79 Å². The molecule has 1 aromatic carbocycles. The summed E-state index contributed by atoms with van der Waals surface area (Å²) >= 11 is 0. The number of carbonyl (C=O) groups is 1. The van der Waals surface area contributed by atoms with E-state index < -0.39 is 0 Å². The molecule has 6 nitrogen and oxygen atoms in total. The molecule has 1 fully saturated rings. The molecule has 1 aliphatic rings. The van der Waals surface area contributed by atoms with Crippen molar-refractivity contribution in [1.82, 2.24) is 15.5 Å². The van der Waals surface area contributed by atoms with Gasteiger partial charge >= 0.3 is 0 Å². The number of anilines is 1. The molecule has 0 spiro atoms. The number of guanidine groups is 1. The highest BCUT2D eigenvalue weighted by Gasteiger charge is 2.23. The highest BCUT2D eigenvalue weighted by atomic mass is 16.2. The van der Waals surface area contributed by atoms with Crippen LogP contribution in [0.15, 0.2) is 35.3 Å². The van der Waals surface area contributed by atoms with Crippen LogP contribution in [0.3, 0.4) is 0 Å². The number of rotatable bonds is 6. The number of nitrogens with zero attached hydrogens (tertiary/aromatic N) is 3. The second kappa shape index (κ2) is 9.30. The average Bonchev–Trinajstić information content (AvgIpc) is 3.08. The van der Waals surface area contributed by atoms with E-state index in [1.807, 2.05) is 6.07 Å². The minimum absolute atomic E-state index is 0.00239. The smallest absolute Gasteiger partial charge is 0.243 e. The summed E-state index contributed by atoms with van der Waals surface area (Å²) in [5.74, 6) is 0.729. The number of carbonyl (C=O) groups excluding carboxylic acids is 1. The van der Waals surface area contributed by atoms with Crippen LogP contribution in [0.4, 0.5) is 5.69 Å². The maximum absolute atomic E-state index is 11.8. The fourth-order valence-electron chi connectivity index (χ4n) is 2.70. The zero-order chi connectivity index (χ0) is 18.2. The SMILES string of the molecule is CCC(C)NC(=NCC(=O)N(C)C)NC1CCN(c2ccccc2)C1. The maximum atomic E-state index is 11.8. The van der Waals surface area contributed by atoms with Gasteiger partial charge in [0.15, 0.2) is 5.96 Å². The van der Waals surface area contributed by atoms with Crippen molar-refractivity contribution in [2.45, 2.75) is 38.8 Å². The van der Waals surface area contributed by atoms with Gasteiger partial charge in [0.25, 0.3) is 0 Å². The standard InChI is InChI=1S/C19H31N5O/c1-5-15(2)21-19(20-13-18(25)23(3)4)22-16-11-12-24(14-16)17-9-7-6-8-10-17/h6-10,15-16H,5,11-14H2,1-4H3,(H2,20,21,22). The molecular formula is C19H31N5O. The highest BCUT2D eigenvalue weighted by molar-refractivity contribution is 5.85. The summed E-state index contributed by atoms with van der Waals surface area (Å²) in [5, 5.41) is 6.89. The van der Waals surface area contributed by atoms with Crippen molar-refractivity contribution < 1.29 is 4.79 Å². The molecule has 2 unspecified atom stereocenters. The number of benzene rings is 1. The Morgan fingerprint density at radius 3 is 2.72 bits per heavy atom. The lowest BCUT2D eigenvalue weighted by atomic mass is 10.2. The van der Waals surface area contributed by atoms with E-state index in [0.29, 0.717) is 12.1 Å². The first-order chi connectivity index (χ1) is 12.0. The maximum Gasteiger partial charge on any atom is 0.243 e. The Hall–Kier alpha value is -2.24. The fourth-order valence-corrected chi connectivity index (χ4v) is 2.70. The first-order valence-corrected chi connectivity index (χ1v) is 9.07. The summed E-state index contributed by atoms with van der Waals surface area (Å²) < 4.78 is 0. The lowest BCUT2D eigenvalue weighted by Crippen LogP contribution is -2.48. The van der Waals surface area contributed by atoms with E-state index in [1.54, 1.807) is 19.0 Å². The van der Waals surface area contributed by atoms with Gasteiger partial charge in [-0.2, -0.15) is 0 Å². The van der Waals surface area contributed by atoms with E-state index in [4.69, 9.17) is 0 Å². The molecule has 2 atom stereocenters. The number of nitrogens with one attached hydrogen (secondary N) is 2. The van der Waals surface area contributed by atoms with Gasteiger partial charge in [-0.25, -0.2) is 4.99 Å². The van der Waals surface area contributed by atoms with Crippen LogP contribution in [0.2, 0.25) is 0 Å². The highest BCUT2D eigenvalue weighted by Crippen LogP contribution is 2.19. The van der Waals surface area contributed by atoms with Crippen LogP contribution in [0.1, 0.15) is 26.7 Å². The number of hydrogen-bond acceptors (Lipinski definition) is 3. The first-order valence-electron chi connectivity index (χ1n) is 9.07. The average molecular weight is 345 g/mol. The van der Waals surface area contributed by atoms with Crippen molar-refractivity contribution in [3.63, 3.8) is 0 Å². The molecule has 0 aliphatic carbocycles. The molecular weight excluding hydrogens is 314 g/mol. The molecule has 0 aromatic heterocycles. The van der Waals surface area contributed by atoms with Crippen LogP contribution in [0, 0.1) is 0 Å². The normalized spacial score (nSPS) is 18.8. The minimum atomic E-state index is 0.00239. The molecule has 6 heteroatoms. The van der Waals surface area contributed by atoms with Gasteiger partial charge in [-0.15, -0.1) is 0 Å². The summed E-state index contributed by atoms with van der Waals surface area (Å²) in [4.78, 5) is 20.3. The van der Waals surface area contributed by atoms with Crippen molar-refractivity contribution in [2.75, 3.05) is 38.6 Å². The van der Waals surface area contributed by atoms with E-state index in [2.05, 4.69) is 58.6 Å². The molecule has 1 aromatic rings. The van der Waals surface area contributed by atoms with Crippen LogP contribution >= 0.6 is 0 Å². The number of amides is 1. The van der Waals surface area contributed by atoms with Crippen molar-refractivity contribution in [2.24, 2.45) is 4.99 Å². The van der Waals surface area contributed by atoms with Gasteiger partial charge < -0.3 is 20.4 Å². The lowest BCUT2D eigenvalue weighted by molar-refractivity contribution is -0.127. The predicted molar refractivity (Wildman–Crippen MR) is 104 cm³/mol. The zero-order valence-corrected chi connectivity index (χ0v) is 15.8. The first kappa shape index (κ1) is 19.1. The van der Waals surface area contributed by atoms with Crippen LogP contribution in [-0.2, 0) is 4.79 Å². The molecule has 0 bridgehead atoms. The third-order valence-electron chi connectivity index (χ3n) is 4.52. The molecule has 1 aliphatic heterocycles. The monoisotopic (exact) mass is 345 g/mol. The Balaban J connectivity index is 1.96. The molecule has 2 N–H and O–H groups in total. The third kappa shape index (κ3) is 5.96. The Morgan fingerprint density at radius 1 is 1.36 bits per heavy atom. The van der Waals surface area contributed by atoms with E-state index in [1.165, 1.54) is 5.69 Å². The van der Waals surface area contributed by atoms with Gasteiger partial charge in [0.2, 0.25) is 5.91 Å². The Kier molecular flexibility index (Phi) is 7.10. The van der Waals surface area contributed by atoms with Gasteiger partial charge in [-0.1, -0.05) is 25.1 Å². The molecule has 2 rings (SSSR count). The van der Waals surface area contributed by atoms with Gasteiger partial charge in [-0.05, 0) is 31.9 Å². The topological polar surface area (TPSA) is 60.0 Å². The predicted octanol–water partition coefficient (Wildman–Crippen LogP) is 1.69. The molecule has 1 heterocycles. The Morgan fingerprint density at radius 2 is 2.08 bits per heavy atom. The molecule has 0 saturated carbocycles. The van der Waals surface area contributed by atoms with E-state index in [-0.39, 0.29) is 12.5 Å². The van der Waals surface area contributed by atoms with Crippen LogP contribution in [-0.4, -0.2) is 62.6 Å². The lowest BCUT2D eigenvalue weighted by Gasteiger charge is -2.22. The van der Waals surface area contributed by atoms with Gasteiger partial charge in [0, 0.05) is 45.0 Å². The Bertz CT molecular complexity index is 572. The zero-order valence-electron chi connectivity index (χ0n) is 15.8. The van der Waals surface area contributed by atoms with Crippen LogP contribution in [0.5, 0.6) is 0 Å². The van der Waals surface area contributed by atoms with E-state index >= 15 is 0 Å². The number of hydrogen-bond donors (Lipinski definition) is 2. The second-order valence-electron chi connectivity index (χ2n) is 6.82. The third-order valence-corrected chi connectivity index (χ3v) is 4.52. The van der Waals surface area contributed by atoms with Gasteiger partial charge in [0.1, 0.15) is 6.54 Å². The fraction of sp³-hybridized carbons (Fsp3) is 0.579. The molecule has 1 saturated heterocycles. The van der Waals surface area contributed by atoms with Crippen molar-refractivity contribution in [3.05, 3.63) is 30.3 Å². The largest absolute Gasteiger partial charge is 0.369 e. The summed E-state index contributed by atoms with van der Waals surface area (Å²) in [7, 11) is 3.50. The van der Waals surface area contributed by atoms with E-state index in [0.717, 1.165) is 31.9 Å². The second-order valence-corrected chi connectivity index (χ2v) is 6.82. The minimum Gasteiger partial charge on any atom is -0.369 e. The molecule has 0 radical (unpaired) electrons. The Labute approximate surface area is 151 Å². The summed E-state index contributed by atoms with van der Waals surface area (Å²) in [6, 6.07) is 11.1. The number of para-hydroxylation sites is 1. The number of likely N-dealkylation sites (N-methyl/N-ethyl adjacent to an activating group) is 1. The van der Waals surface area contributed by atoms with Crippen LogP contribution < -0.4 is 15.5 Å². The summed E-state index contributed by atoms with van der Waals surface area (Å²) in [5.41, 5.74) is 1.25. The van der Waals surface area contributed by atoms with Crippen molar-refractivity contribution in [3.8, 4) is 0 Å². The molecule has 25 heavy (non-hydrogen) atoms. The summed E-state index contributed by atoms with van der Waals surface area (Å²) in [6.07, 6.45) is 2.06. The molecule has 138 valence electrons. The van der Waals surface area contributed by atoms with Gasteiger partial charge in [-0.3, -0.25) is 4.79 Å². The molecule has 1 amide bonds.